The van der Waals surface area contributed by atoms with Crippen molar-refractivity contribution in [2.24, 2.45) is 0 Å². The summed E-state index contributed by atoms with van der Waals surface area (Å²) in [6, 6.07) is 12.5. The lowest BCUT2D eigenvalue weighted by Gasteiger charge is -2.02. The zero-order valence-electron chi connectivity index (χ0n) is 9.75. The van der Waals surface area contributed by atoms with Crippen LogP contribution in [0.5, 0.6) is 0 Å². The maximum atomic E-state index is 4.20. The Labute approximate surface area is 98.9 Å². The molecule has 4 heteroatoms. The largest absolute Gasteiger partial charge is 0.172 e. The summed E-state index contributed by atoms with van der Waals surface area (Å²) in [4.78, 5) is 1.55. The lowest BCUT2D eigenvalue weighted by atomic mass is 10.1. The van der Waals surface area contributed by atoms with Crippen LogP contribution >= 0.6 is 0 Å². The molecule has 84 valence electrons. The van der Waals surface area contributed by atoms with E-state index in [9.17, 15) is 0 Å². The Morgan fingerprint density at radius 2 is 1.76 bits per heavy atom. The number of tetrazole rings is 1. The molecule has 0 saturated carbocycles. The van der Waals surface area contributed by atoms with Crippen LogP contribution in [-0.4, -0.2) is 20.2 Å². The van der Waals surface area contributed by atoms with Gasteiger partial charge in [0, 0.05) is 0 Å². The minimum absolute atomic E-state index is 0.675. The molecule has 4 nitrogen and oxygen atoms in total. The van der Waals surface area contributed by atoms with Crippen LogP contribution in [0.25, 0.3) is 16.5 Å². The second-order valence-electron chi connectivity index (χ2n) is 4.16. The van der Waals surface area contributed by atoms with Crippen LogP contribution in [0.1, 0.15) is 11.4 Å². The minimum atomic E-state index is 0.675. The maximum absolute atomic E-state index is 4.20. The monoisotopic (exact) mass is 224 g/mol. The summed E-state index contributed by atoms with van der Waals surface area (Å²) in [7, 11) is 0. The van der Waals surface area contributed by atoms with Crippen molar-refractivity contribution in [1.82, 2.24) is 20.2 Å². The van der Waals surface area contributed by atoms with Gasteiger partial charge in [-0.15, -0.1) is 15.0 Å². The molecular weight excluding hydrogens is 212 g/mol. The van der Waals surface area contributed by atoms with Crippen molar-refractivity contribution in [2.75, 3.05) is 0 Å². The minimum Gasteiger partial charge on any atom is -0.132 e. The fourth-order valence-corrected chi connectivity index (χ4v) is 1.87. The first-order valence-corrected chi connectivity index (χ1v) is 5.50. The molecule has 0 saturated heterocycles. The van der Waals surface area contributed by atoms with E-state index in [1.807, 2.05) is 13.0 Å². The summed E-state index contributed by atoms with van der Waals surface area (Å²) in [6.45, 7) is 3.92. The first-order chi connectivity index (χ1) is 8.22. The van der Waals surface area contributed by atoms with E-state index in [2.05, 4.69) is 52.7 Å². The third kappa shape index (κ3) is 1.78. The SMILES string of the molecule is Cc1ccc2ccc(-n3nnc(C)n3)cc2c1. The highest BCUT2D eigenvalue weighted by atomic mass is 15.6. The summed E-state index contributed by atoms with van der Waals surface area (Å²) in [6.07, 6.45) is 0. The smallest absolute Gasteiger partial charge is 0.132 e. The van der Waals surface area contributed by atoms with Gasteiger partial charge < -0.3 is 0 Å². The van der Waals surface area contributed by atoms with Gasteiger partial charge in [0.1, 0.15) is 0 Å². The Kier molecular flexibility index (Phi) is 2.14. The predicted molar refractivity (Wildman–Crippen MR) is 66.1 cm³/mol. The van der Waals surface area contributed by atoms with E-state index in [4.69, 9.17) is 0 Å². The van der Waals surface area contributed by atoms with Crippen molar-refractivity contribution in [3.63, 3.8) is 0 Å². The van der Waals surface area contributed by atoms with E-state index in [0.29, 0.717) is 5.82 Å². The highest BCUT2D eigenvalue weighted by molar-refractivity contribution is 5.84. The number of nitrogens with zero attached hydrogens (tertiary/aromatic N) is 4. The summed E-state index contributed by atoms with van der Waals surface area (Å²) in [5, 5.41) is 14.5. The quantitative estimate of drug-likeness (QED) is 0.637. The predicted octanol–water partition coefficient (Wildman–Crippen LogP) is 2.43. The van der Waals surface area contributed by atoms with Gasteiger partial charge in [0.2, 0.25) is 0 Å². The van der Waals surface area contributed by atoms with Crippen molar-refractivity contribution < 1.29 is 0 Å². The van der Waals surface area contributed by atoms with Crippen LogP contribution < -0.4 is 0 Å². The van der Waals surface area contributed by atoms with Crippen LogP contribution in [-0.2, 0) is 0 Å². The summed E-state index contributed by atoms with van der Waals surface area (Å²) in [5.74, 6) is 0.675. The lowest BCUT2D eigenvalue weighted by Crippen LogP contribution is -1.98. The molecule has 0 aliphatic carbocycles. The first-order valence-electron chi connectivity index (χ1n) is 5.50. The van der Waals surface area contributed by atoms with E-state index < -0.39 is 0 Å². The van der Waals surface area contributed by atoms with Crippen LogP contribution in [0, 0.1) is 13.8 Å². The van der Waals surface area contributed by atoms with E-state index in [0.717, 1.165) is 5.69 Å². The van der Waals surface area contributed by atoms with Gasteiger partial charge in [-0.25, -0.2) is 0 Å². The molecule has 0 atom stereocenters. The number of rotatable bonds is 1. The van der Waals surface area contributed by atoms with Crippen LogP contribution in [0.3, 0.4) is 0 Å². The van der Waals surface area contributed by atoms with Gasteiger partial charge in [-0.05, 0) is 42.0 Å². The molecule has 0 unspecified atom stereocenters. The Hall–Kier alpha value is -2.23. The van der Waals surface area contributed by atoms with Crippen molar-refractivity contribution in [3.05, 3.63) is 47.8 Å². The van der Waals surface area contributed by atoms with Crippen molar-refractivity contribution in [2.45, 2.75) is 13.8 Å². The number of aromatic nitrogens is 4. The molecule has 0 N–H and O–H groups in total. The molecule has 0 aliphatic heterocycles. The molecule has 3 rings (SSSR count). The fraction of sp³-hybridized carbons (Fsp3) is 0.154. The number of aryl methyl sites for hydroxylation is 2. The number of hydrogen-bond donors (Lipinski definition) is 0. The zero-order chi connectivity index (χ0) is 11.8. The van der Waals surface area contributed by atoms with Crippen molar-refractivity contribution in [3.8, 4) is 5.69 Å². The number of fused-ring (bicyclic) bond motifs is 1. The van der Waals surface area contributed by atoms with Crippen LogP contribution in [0.2, 0.25) is 0 Å². The van der Waals surface area contributed by atoms with E-state index in [1.165, 1.54) is 16.3 Å². The Bertz CT molecular complexity index is 685. The molecular formula is C13H12N4. The molecule has 0 spiro atoms. The molecule has 2 aromatic carbocycles. The van der Waals surface area contributed by atoms with Gasteiger partial charge in [0.15, 0.2) is 5.82 Å². The average molecular weight is 224 g/mol. The third-order valence-corrected chi connectivity index (χ3v) is 2.72. The Morgan fingerprint density at radius 3 is 2.53 bits per heavy atom. The number of hydrogen-bond acceptors (Lipinski definition) is 3. The molecule has 0 fully saturated rings. The average Bonchev–Trinajstić information content (AvgIpc) is 2.75. The first kappa shape index (κ1) is 9.96. The standard InChI is InChI=1S/C13H12N4/c1-9-3-4-11-5-6-13(8-12(11)7-9)17-15-10(2)14-16-17/h3-8H,1-2H3. The zero-order valence-corrected chi connectivity index (χ0v) is 9.75. The third-order valence-electron chi connectivity index (χ3n) is 2.72. The fourth-order valence-electron chi connectivity index (χ4n) is 1.87. The van der Waals surface area contributed by atoms with Gasteiger partial charge in [0.05, 0.1) is 5.69 Å². The lowest BCUT2D eigenvalue weighted by molar-refractivity contribution is 0.719. The molecule has 0 bridgehead atoms. The molecule has 0 radical (unpaired) electrons. The summed E-state index contributed by atoms with van der Waals surface area (Å²) in [5.41, 5.74) is 2.18. The summed E-state index contributed by atoms with van der Waals surface area (Å²) >= 11 is 0. The molecule has 17 heavy (non-hydrogen) atoms. The highest BCUT2D eigenvalue weighted by Crippen LogP contribution is 2.19. The molecule has 0 amide bonds. The van der Waals surface area contributed by atoms with Gasteiger partial charge in [0.25, 0.3) is 0 Å². The second kappa shape index (κ2) is 3.66. The maximum Gasteiger partial charge on any atom is 0.172 e. The second-order valence-corrected chi connectivity index (χ2v) is 4.16. The van der Waals surface area contributed by atoms with E-state index in [-0.39, 0.29) is 0 Å². The highest BCUT2D eigenvalue weighted by Gasteiger charge is 2.02. The van der Waals surface area contributed by atoms with Crippen LogP contribution in [0.4, 0.5) is 0 Å². The topological polar surface area (TPSA) is 43.6 Å². The van der Waals surface area contributed by atoms with Crippen molar-refractivity contribution >= 4 is 10.8 Å². The molecule has 1 aromatic heterocycles. The van der Waals surface area contributed by atoms with Crippen LogP contribution in [0.15, 0.2) is 36.4 Å². The normalized spacial score (nSPS) is 10.9. The molecule has 0 aliphatic rings. The van der Waals surface area contributed by atoms with Gasteiger partial charge >= 0.3 is 0 Å². The van der Waals surface area contributed by atoms with Gasteiger partial charge in [-0.3, -0.25) is 0 Å². The molecule has 1 heterocycles. The summed E-state index contributed by atoms with van der Waals surface area (Å²) < 4.78 is 0. The van der Waals surface area contributed by atoms with Crippen molar-refractivity contribution in [1.29, 1.82) is 0 Å². The van der Waals surface area contributed by atoms with E-state index >= 15 is 0 Å². The van der Waals surface area contributed by atoms with Gasteiger partial charge in [-0.1, -0.05) is 29.8 Å². The molecule has 3 aromatic rings. The van der Waals surface area contributed by atoms with E-state index in [1.54, 1.807) is 4.80 Å². The van der Waals surface area contributed by atoms with Gasteiger partial charge in [-0.2, -0.15) is 0 Å². The number of benzene rings is 2. The Balaban J connectivity index is 2.18. The Morgan fingerprint density at radius 1 is 0.941 bits per heavy atom.